The van der Waals surface area contributed by atoms with E-state index in [4.69, 9.17) is 9.47 Å². The minimum atomic E-state index is -0.479. The summed E-state index contributed by atoms with van der Waals surface area (Å²) in [7, 11) is 0. The number of carbonyl (C=O) groups excluding carboxylic acids is 2. The van der Waals surface area contributed by atoms with E-state index in [1.54, 1.807) is 17.9 Å². The molecule has 2 amide bonds. The number of hydrogen-bond donors (Lipinski definition) is 2. The van der Waals surface area contributed by atoms with Crippen LogP contribution >= 0.6 is 22.7 Å². The van der Waals surface area contributed by atoms with Gasteiger partial charge in [0.15, 0.2) is 0 Å². The van der Waals surface area contributed by atoms with E-state index in [1.807, 2.05) is 35.7 Å². The summed E-state index contributed by atoms with van der Waals surface area (Å²) in [6.07, 6.45) is 4.43. The molecule has 0 bridgehead atoms. The molecule has 8 nitrogen and oxygen atoms in total. The molecule has 1 atom stereocenters. The highest BCUT2D eigenvalue weighted by Crippen LogP contribution is 2.10. The Hall–Kier alpha value is -2.98. The van der Waals surface area contributed by atoms with Crippen LogP contribution in [-0.2, 0) is 29.1 Å². The number of benzene rings is 1. The summed E-state index contributed by atoms with van der Waals surface area (Å²) in [5.41, 5.74) is 2.81. The number of amides is 2. The van der Waals surface area contributed by atoms with Gasteiger partial charge in [-0.25, -0.2) is 14.6 Å². The Kier molecular flexibility index (Phi) is 9.27. The predicted molar refractivity (Wildman–Crippen MR) is 119 cm³/mol. The molecule has 2 N–H and O–H groups in total. The third kappa shape index (κ3) is 8.73. The van der Waals surface area contributed by atoms with Crippen molar-refractivity contribution in [2.24, 2.45) is 0 Å². The number of aromatic nitrogens is 2. The lowest BCUT2D eigenvalue weighted by Gasteiger charge is -2.19. The van der Waals surface area contributed by atoms with Crippen molar-refractivity contribution in [3.8, 4) is 0 Å². The van der Waals surface area contributed by atoms with E-state index < -0.39 is 12.2 Å². The summed E-state index contributed by atoms with van der Waals surface area (Å²) in [5.74, 6) is 0. The molecule has 3 aromatic rings. The van der Waals surface area contributed by atoms with E-state index in [2.05, 4.69) is 20.6 Å². The first kappa shape index (κ1) is 22.7. The van der Waals surface area contributed by atoms with Crippen LogP contribution in [0.25, 0.3) is 0 Å². The maximum atomic E-state index is 12.2. The van der Waals surface area contributed by atoms with E-state index in [0.717, 1.165) is 15.4 Å². The highest BCUT2D eigenvalue weighted by atomic mass is 32.1. The third-order valence-corrected chi connectivity index (χ3v) is 5.79. The van der Waals surface area contributed by atoms with Crippen molar-refractivity contribution >= 4 is 34.9 Å². The van der Waals surface area contributed by atoms with Crippen LogP contribution in [-0.4, -0.2) is 34.7 Å². The maximum absolute atomic E-state index is 12.2. The van der Waals surface area contributed by atoms with Crippen molar-refractivity contribution in [3.63, 3.8) is 0 Å². The van der Waals surface area contributed by atoms with E-state index in [-0.39, 0.29) is 19.3 Å². The number of alkyl carbamates (subject to hydrolysis) is 2. The normalized spacial score (nSPS) is 11.5. The van der Waals surface area contributed by atoms with E-state index in [9.17, 15) is 9.59 Å². The Morgan fingerprint density at radius 1 is 1.06 bits per heavy atom. The minimum Gasteiger partial charge on any atom is -0.444 e. The fourth-order valence-electron chi connectivity index (χ4n) is 2.82. The SMILES string of the molecule is O=C(NCCC[C@H](Cc1ccccc1)NC(=O)OCc1nccs1)OCc1cncs1. The smallest absolute Gasteiger partial charge is 0.407 e. The van der Waals surface area contributed by atoms with Gasteiger partial charge in [0.1, 0.15) is 18.2 Å². The lowest BCUT2D eigenvalue weighted by Crippen LogP contribution is -2.37. The van der Waals surface area contributed by atoms with E-state index in [1.165, 1.54) is 22.7 Å². The van der Waals surface area contributed by atoms with Crippen LogP contribution in [0.5, 0.6) is 0 Å². The Labute approximate surface area is 188 Å². The Morgan fingerprint density at radius 2 is 1.90 bits per heavy atom. The minimum absolute atomic E-state index is 0.124. The van der Waals surface area contributed by atoms with Gasteiger partial charge >= 0.3 is 12.2 Å². The molecule has 0 spiro atoms. The molecule has 3 rings (SSSR count). The number of nitrogens with one attached hydrogen (secondary N) is 2. The number of carbonyl (C=O) groups is 2. The van der Waals surface area contributed by atoms with E-state index in [0.29, 0.717) is 25.8 Å². The van der Waals surface area contributed by atoms with Crippen LogP contribution in [0.15, 0.2) is 53.6 Å². The molecule has 10 heteroatoms. The molecular formula is C21H24N4O4S2. The second kappa shape index (κ2) is 12.7. The molecule has 0 saturated carbocycles. The largest absolute Gasteiger partial charge is 0.444 e. The lowest BCUT2D eigenvalue weighted by atomic mass is 10.0. The summed E-state index contributed by atoms with van der Waals surface area (Å²) < 4.78 is 10.4. The third-order valence-electron chi connectivity index (χ3n) is 4.28. The van der Waals surface area contributed by atoms with Crippen molar-refractivity contribution in [2.45, 2.75) is 38.5 Å². The first-order valence-corrected chi connectivity index (χ1v) is 11.6. The zero-order valence-corrected chi connectivity index (χ0v) is 18.5. The van der Waals surface area contributed by atoms with Crippen LogP contribution in [0.1, 0.15) is 28.3 Å². The van der Waals surface area contributed by atoms with Crippen molar-refractivity contribution in [2.75, 3.05) is 6.54 Å². The van der Waals surface area contributed by atoms with Crippen molar-refractivity contribution in [1.82, 2.24) is 20.6 Å². The molecule has 0 saturated heterocycles. The summed E-state index contributed by atoms with van der Waals surface area (Å²) in [5, 5.41) is 8.24. The van der Waals surface area contributed by atoms with Gasteiger partial charge in [0.25, 0.3) is 0 Å². The van der Waals surface area contributed by atoms with Gasteiger partial charge in [0.05, 0.1) is 10.4 Å². The average Bonchev–Trinajstić information content (AvgIpc) is 3.49. The summed E-state index contributed by atoms with van der Waals surface area (Å²) in [4.78, 5) is 33.0. The van der Waals surface area contributed by atoms with Crippen molar-refractivity contribution < 1.29 is 19.1 Å². The van der Waals surface area contributed by atoms with Gasteiger partial charge in [-0.15, -0.1) is 22.7 Å². The molecular weight excluding hydrogens is 436 g/mol. The standard InChI is InChI=1S/C21H24N4O4S2/c26-20(28-13-18-12-22-15-31-18)24-8-4-7-17(11-16-5-2-1-3-6-16)25-21(27)29-14-19-23-9-10-30-19/h1-3,5-6,9-10,12,15,17H,4,7-8,11,13-14H2,(H,24,26)(H,25,27)/t17-/m1/s1. The molecule has 0 aliphatic carbocycles. The molecule has 2 aromatic heterocycles. The molecule has 0 aliphatic heterocycles. The second-order valence-corrected chi connectivity index (χ2v) is 8.60. The van der Waals surface area contributed by atoms with Gasteiger partial charge in [-0.1, -0.05) is 30.3 Å². The van der Waals surface area contributed by atoms with Crippen molar-refractivity contribution in [1.29, 1.82) is 0 Å². The zero-order chi connectivity index (χ0) is 21.7. The molecule has 0 fully saturated rings. The Morgan fingerprint density at radius 3 is 2.65 bits per heavy atom. The maximum Gasteiger partial charge on any atom is 0.407 e. The molecule has 0 aliphatic rings. The van der Waals surface area contributed by atoms with Gasteiger partial charge in [-0.2, -0.15) is 0 Å². The monoisotopic (exact) mass is 460 g/mol. The summed E-state index contributed by atoms with van der Waals surface area (Å²) in [6.45, 7) is 0.803. The van der Waals surface area contributed by atoms with Crippen LogP contribution in [0, 0.1) is 0 Å². The van der Waals surface area contributed by atoms with Crippen LogP contribution in [0.3, 0.4) is 0 Å². The number of nitrogens with zero attached hydrogens (tertiary/aromatic N) is 2. The summed E-state index contributed by atoms with van der Waals surface area (Å²) in [6, 6.07) is 9.80. The number of ether oxygens (including phenoxy) is 2. The molecule has 164 valence electrons. The average molecular weight is 461 g/mol. The van der Waals surface area contributed by atoms with Crippen LogP contribution < -0.4 is 10.6 Å². The van der Waals surface area contributed by atoms with Gasteiger partial charge < -0.3 is 20.1 Å². The van der Waals surface area contributed by atoms with E-state index >= 15 is 0 Å². The summed E-state index contributed by atoms with van der Waals surface area (Å²) >= 11 is 2.87. The molecule has 2 heterocycles. The zero-order valence-electron chi connectivity index (χ0n) is 16.9. The molecule has 1 aromatic carbocycles. The fourth-order valence-corrected chi connectivity index (χ4v) is 3.86. The fraction of sp³-hybridized carbons (Fsp3) is 0.333. The van der Waals surface area contributed by atoms with Gasteiger partial charge in [-0.3, -0.25) is 4.98 Å². The highest BCUT2D eigenvalue weighted by molar-refractivity contribution is 7.09. The van der Waals surface area contributed by atoms with Gasteiger partial charge in [0, 0.05) is 30.4 Å². The molecule has 0 unspecified atom stereocenters. The van der Waals surface area contributed by atoms with Crippen LogP contribution in [0.4, 0.5) is 9.59 Å². The second-order valence-electron chi connectivity index (χ2n) is 6.65. The van der Waals surface area contributed by atoms with Gasteiger partial charge in [0.2, 0.25) is 0 Å². The number of hydrogen-bond acceptors (Lipinski definition) is 8. The molecule has 31 heavy (non-hydrogen) atoms. The first-order valence-electron chi connectivity index (χ1n) is 9.82. The molecule has 0 radical (unpaired) electrons. The lowest BCUT2D eigenvalue weighted by molar-refractivity contribution is 0.133. The van der Waals surface area contributed by atoms with Crippen LogP contribution in [0.2, 0.25) is 0 Å². The topological polar surface area (TPSA) is 102 Å². The number of rotatable bonds is 11. The van der Waals surface area contributed by atoms with Crippen molar-refractivity contribution in [3.05, 3.63) is 69.1 Å². The first-order chi connectivity index (χ1) is 15.2. The predicted octanol–water partition coefficient (Wildman–Crippen LogP) is 4.14. The Balaban J connectivity index is 1.41. The highest BCUT2D eigenvalue weighted by Gasteiger charge is 2.15. The number of thiazole rings is 2. The quantitative estimate of drug-likeness (QED) is 0.417. The Bertz CT molecular complexity index is 905. The van der Waals surface area contributed by atoms with Gasteiger partial charge in [-0.05, 0) is 24.8 Å².